The topological polar surface area (TPSA) is 70.3 Å². The fourth-order valence-corrected chi connectivity index (χ4v) is 5.14. The Morgan fingerprint density at radius 1 is 1.17 bits per heavy atom. The molecule has 1 heterocycles. The first-order valence-corrected chi connectivity index (χ1v) is 10.7. The Kier molecular flexibility index (Phi) is 4.56. The summed E-state index contributed by atoms with van der Waals surface area (Å²) in [5, 5.41) is 20.3. The highest BCUT2D eigenvalue weighted by molar-refractivity contribution is 7.11. The van der Waals surface area contributed by atoms with Crippen LogP contribution in [-0.2, 0) is 11.2 Å². The van der Waals surface area contributed by atoms with Crippen LogP contribution in [0.1, 0.15) is 46.4 Å². The summed E-state index contributed by atoms with van der Waals surface area (Å²) in [6.07, 6.45) is 1.64. The lowest BCUT2D eigenvalue weighted by atomic mass is 9.96. The zero-order chi connectivity index (χ0) is 20.8. The average molecular weight is 419 g/mol. The van der Waals surface area contributed by atoms with Crippen LogP contribution in [0.4, 0.5) is 4.39 Å². The van der Waals surface area contributed by atoms with E-state index in [2.05, 4.69) is 6.07 Å². The number of carboxylic acids is 1. The molecule has 2 aromatic carbocycles. The molecule has 2 aliphatic carbocycles. The highest BCUT2D eigenvalue weighted by Gasteiger charge is 2.44. The van der Waals surface area contributed by atoms with Crippen molar-refractivity contribution in [1.29, 1.82) is 5.26 Å². The molecule has 3 atom stereocenters. The maximum absolute atomic E-state index is 14.7. The summed E-state index contributed by atoms with van der Waals surface area (Å²) in [5.41, 5.74) is 4.23. The van der Waals surface area contributed by atoms with Crippen molar-refractivity contribution >= 4 is 17.3 Å². The smallest absolute Gasteiger partial charge is 0.307 e. The van der Waals surface area contributed by atoms with Gasteiger partial charge in [0.1, 0.15) is 28.6 Å². The van der Waals surface area contributed by atoms with Crippen molar-refractivity contribution in [2.45, 2.75) is 31.3 Å². The third-order valence-corrected chi connectivity index (χ3v) is 6.85. The van der Waals surface area contributed by atoms with E-state index in [1.54, 1.807) is 6.07 Å². The molecule has 0 aliphatic heterocycles. The Bertz CT molecular complexity index is 1180. The fraction of sp³-hybridized carbons (Fsp3) is 0.250. The standard InChI is InChI=1S/C24H18FNO3S/c25-20-7-5-15(16-9-10-30-22(16)12-26)17-6-8-21(23(17)20)29-14-3-1-13(2-4-14)18-11-19(18)24(27)28/h1-5,7,9-10,18-19,21H,6,8,11H2,(H,27,28)/t18?,19?,21-/m1/s1. The molecule has 5 rings (SSSR count). The second-order valence-electron chi connectivity index (χ2n) is 7.76. The first kappa shape index (κ1) is 18.8. The molecule has 4 nitrogen and oxygen atoms in total. The molecule has 0 saturated heterocycles. The first-order chi connectivity index (χ1) is 14.6. The predicted octanol–water partition coefficient (Wildman–Crippen LogP) is 5.68. The van der Waals surface area contributed by atoms with E-state index >= 15 is 0 Å². The van der Waals surface area contributed by atoms with E-state index in [0.29, 0.717) is 35.5 Å². The molecule has 0 bridgehead atoms. The summed E-state index contributed by atoms with van der Waals surface area (Å²) < 4.78 is 20.9. The molecule has 3 aromatic rings. The van der Waals surface area contributed by atoms with Crippen molar-refractivity contribution in [1.82, 2.24) is 0 Å². The molecule has 0 radical (unpaired) electrons. The van der Waals surface area contributed by atoms with Gasteiger partial charge in [0.05, 0.1) is 5.92 Å². The number of halogens is 1. The lowest BCUT2D eigenvalue weighted by Gasteiger charge is -2.17. The van der Waals surface area contributed by atoms with Crippen LogP contribution in [0.25, 0.3) is 11.1 Å². The van der Waals surface area contributed by atoms with Gasteiger partial charge in [0.2, 0.25) is 0 Å². The van der Waals surface area contributed by atoms with E-state index in [0.717, 1.165) is 22.3 Å². The highest BCUT2D eigenvalue weighted by Crippen LogP contribution is 2.48. The van der Waals surface area contributed by atoms with Crippen molar-refractivity contribution in [3.63, 3.8) is 0 Å². The molecule has 150 valence electrons. The number of aliphatic carboxylic acids is 1. The van der Waals surface area contributed by atoms with Gasteiger partial charge in [0.25, 0.3) is 0 Å². The van der Waals surface area contributed by atoms with Gasteiger partial charge in [-0.2, -0.15) is 5.26 Å². The number of ether oxygens (including phenoxy) is 1. The zero-order valence-electron chi connectivity index (χ0n) is 16.0. The van der Waals surface area contributed by atoms with Crippen LogP contribution < -0.4 is 4.74 Å². The zero-order valence-corrected chi connectivity index (χ0v) is 16.8. The van der Waals surface area contributed by atoms with Crippen LogP contribution >= 0.6 is 11.3 Å². The number of nitrogens with zero attached hydrogens (tertiary/aromatic N) is 1. The molecular formula is C24H18FNO3S. The van der Waals surface area contributed by atoms with E-state index in [1.165, 1.54) is 17.4 Å². The third-order valence-electron chi connectivity index (χ3n) is 6.03. The fourth-order valence-electron chi connectivity index (χ4n) is 4.45. The Morgan fingerprint density at radius 2 is 1.97 bits per heavy atom. The van der Waals surface area contributed by atoms with Gasteiger partial charge in [0.15, 0.2) is 0 Å². The van der Waals surface area contributed by atoms with Gasteiger partial charge in [-0.1, -0.05) is 18.2 Å². The molecule has 2 aliphatic rings. The molecule has 1 N–H and O–H groups in total. The quantitative estimate of drug-likeness (QED) is 0.578. The number of carbonyl (C=O) groups is 1. The summed E-state index contributed by atoms with van der Waals surface area (Å²) in [4.78, 5) is 11.7. The van der Waals surface area contributed by atoms with Crippen LogP contribution in [0.2, 0.25) is 0 Å². The molecule has 6 heteroatoms. The highest BCUT2D eigenvalue weighted by atomic mass is 32.1. The van der Waals surface area contributed by atoms with Gasteiger partial charge < -0.3 is 9.84 Å². The summed E-state index contributed by atoms with van der Waals surface area (Å²) in [6.45, 7) is 0. The van der Waals surface area contributed by atoms with E-state index in [4.69, 9.17) is 9.84 Å². The van der Waals surface area contributed by atoms with Crippen LogP contribution in [0.3, 0.4) is 0 Å². The van der Waals surface area contributed by atoms with Crippen LogP contribution in [0.15, 0.2) is 47.8 Å². The van der Waals surface area contributed by atoms with Crippen LogP contribution in [0, 0.1) is 23.1 Å². The maximum Gasteiger partial charge on any atom is 0.307 e. The molecular weight excluding hydrogens is 401 g/mol. The number of nitriles is 1. The number of thiophene rings is 1. The minimum atomic E-state index is -0.751. The number of carboxylic acid groups (broad SMARTS) is 1. The van der Waals surface area contributed by atoms with Crippen molar-refractivity contribution in [2.75, 3.05) is 0 Å². The third kappa shape index (κ3) is 3.16. The summed E-state index contributed by atoms with van der Waals surface area (Å²) in [5.74, 6) is -0.615. The van der Waals surface area contributed by atoms with Crippen LogP contribution in [-0.4, -0.2) is 11.1 Å². The average Bonchev–Trinajstić information content (AvgIpc) is 3.22. The molecule has 2 unspecified atom stereocenters. The van der Waals surface area contributed by atoms with E-state index < -0.39 is 5.97 Å². The normalized spacial score (nSPS) is 21.7. The molecule has 1 saturated carbocycles. The largest absolute Gasteiger partial charge is 0.486 e. The predicted molar refractivity (Wildman–Crippen MR) is 111 cm³/mol. The maximum atomic E-state index is 14.7. The van der Waals surface area contributed by atoms with Crippen molar-refractivity contribution in [2.24, 2.45) is 5.92 Å². The molecule has 0 spiro atoms. The lowest BCUT2D eigenvalue weighted by molar-refractivity contribution is -0.138. The van der Waals surface area contributed by atoms with E-state index in [1.807, 2.05) is 35.7 Å². The van der Waals surface area contributed by atoms with Gasteiger partial charge >= 0.3 is 5.97 Å². The van der Waals surface area contributed by atoms with Gasteiger partial charge in [-0.05, 0) is 71.5 Å². The number of benzene rings is 2. The summed E-state index contributed by atoms with van der Waals surface area (Å²) in [7, 11) is 0. The van der Waals surface area contributed by atoms with Gasteiger partial charge in [-0.25, -0.2) is 4.39 Å². The summed E-state index contributed by atoms with van der Waals surface area (Å²) in [6, 6.07) is 14.8. The van der Waals surface area contributed by atoms with Crippen molar-refractivity contribution in [3.8, 4) is 22.9 Å². The molecule has 1 aromatic heterocycles. The Morgan fingerprint density at radius 3 is 2.67 bits per heavy atom. The Balaban J connectivity index is 1.40. The Hall–Kier alpha value is -3.17. The second kappa shape index (κ2) is 7.26. The van der Waals surface area contributed by atoms with Crippen LogP contribution in [0.5, 0.6) is 5.75 Å². The second-order valence-corrected chi connectivity index (χ2v) is 8.68. The number of fused-ring (bicyclic) bond motifs is 1. The lowest BCUT2D eigenvalue weighted by Crippen LogP contribution is -2.06. The first-order valence-electron chi connectivity index (χ1n) is 9.85. The summed E-state index contributed by atoms with van der Waals surface area (Å²) >= 11 is 1.39. The number of rotatable bonds is 5. The van der Waals surface area contributed by atoms with Crippen molar-refractivity contribution < 1.29 is 19.0 Å². The number of hydrogen-bond acceptors (Lipinski definition) is 4. The molecule has 1 fully saturated rings. The monoisotopic (exact) mass is 419 g/mol. The van der Waals surface area contributed by atoms with Gasteiger partial charge in [-0.3, -0.25) is 4.79 Å². The molecule has 0 amide bonds. The van der Waals surface area contributed by atoms with E-state index in [-0.39, 0.29) is 23.8 Å². The minimum absolute atomic E-state index is 0.0729. The van der Waals surface area contributed by atoms with Gasteiger partial charge in [0, 0.05) is 11.1 Å². The Labute approximate surface area is 177 Å². The minimum Gasteiger partial charge on any atom is -0.486 e. The number of hydrogen-bond donors (Lipinski definition) is 1. The van der Waals surface area contributed by atoms with Gasteiger partial charge in [-0.15, -0.1) is 11.3 Å². The van der Waals surface area contributed by atoms with E-state index in [9.17, 15) is 14.4 Å². The SMILES string of the molecule is N#Cc1sccc1-c1ccc(F)c2c1CC[C@H]2Oc1ccc(C2CC2C(=O)O)cc1. The molecule has 30 heavy (non-hydrogen) atoms. The van der Waals surface area contributed by atoms with Crippen molar-refractivity contribution in [3.05, 3.63) is 75.2 Å².